The van der Waals surface area contributed by atoms with Crippen molar-refractivity contribution in [2.75, 3.05) is 19.3 Å². The molecule has 2 aromatic rings. The highest BCUT2D eigenvalue weighted by molar-refractivity contribution is 7.98. The standard InChI is InChI=1S/C18H21ClN2O3S3/c1-25-13-5-7-16(19)15(11-13)18(22)20-12-14-6-8-17(26-14)27(23,24)21-9-3-2-4-10-21/h5-8,11H,2-4,9-10,12H2,1H3,(H,20,22). The number of hydrogen-bond donors (Lipinski definition) is 1. The van der Waals surface area contributed by atoms with Crippen molar-refractivity contribution < 1.29 is 13.2 Å². The summed E-state index contributed by atoms with van der Waals surface area (Å²) < 4.78 is 27.3. The number of benzene rings is 1. The lowest BCUT2D eigenvalue weighted by atomic mass is 10.2. The summed E-state index contributed by atoms with van der Waals surface area (Å²) >= 11 is 8.86. The van der Waals surface area contributed by atoms with E-state index in [1.54, 1.807) is 28.6 Å². The van der Waals surface area contributed by atoms with Gasteiger partial charge in [-0.15, -0.1) is 23.1 Å². The number of nitrogens with one attached hydrogen (secondary N) is 1. The van der Waals surface area contributed by atoms with Gasteiger partial charge in [0.25, 0.3) is 15.9 Å². The van der Waals surface area contributed by atoms with Crippen molar-refractivity contribution in [2.45, 2.75) is 34.9 Å². The Morgan fingerprint density at radius 1 is 1.22 bits per heavy atom. The van der Waals surface area contributed by atoms with Gasteiger partial charge in [-0.2, -0.15) is 4.31 Å². The molecule has 1 fully saturated rings. The maximum atomic E-state index is 12.7. The summed E-state index contributed by atoms with van der Waals surface area (Å²) in [5.41, 5.74) is 0.418. The van der Waals surface area contributed by atoms with E-state index in [9.17, 15) is 13.2 Å². The Balaban J connectivity index is 1.67. The largest absolute Gasteiger partial charge is 0.347 e. The maximum absolute atomic E-state index is 12.7. The number of rotatable bonds is 6. The molecule has 1 aromatic heterocycles. The lowest BCUT2D eigenvalue weighted by Crippen LogP contribution is -2.35. The molecule has 0 unspecified atom stereocenters. The lowest BCUT2D eigenvalue weighted by Gasteiger charge is -2.25. The minimum Gasteiger partial charge on any atom is -0.347 e. The average Bonchev–Trinajstić information content (AvgIpc) is 3.17. The molecular weight excluding hydrogens is 424 g/mol. The minimum absolute atomic E-state index is 0.263. The van der Waals surface area contributed by atoms with E-state index in [1.807, 2.05) is 12.3 Å². The molecular formula is C18H21ClN2O3S3. The number of piperidine rings is 1. The van der Waals surface area contributed by atoms with Gasteiger partial charge < -0.3 is 5.32 Å². The topological polar surface area (TPSA) is 66.5 Å². The average molecular weight is 445 g/mol. The molecule has 2 heterocycles. The molecule has 1 aromatic carbocycles. The molecule has 1 saturated heterocycles. The van der Waals surface area contributed by atoms with Crippen LogP contribution in [0.1, 0.15) is 34.5 Å². The van der Waals surface area contributed by atoms with Crippen molar-refractivity contribution in [2.24, 2.45) is 0 Å². The number of carbonyl (C=O) groups excluding carboxylic acids is 1. The number of carbonyl (C=O) groups is 1. The first-order chi connectivity index (χ1) is 12.9. The zero-order valence-corrected chi connectivity index (χ0v) is 18.1. The van der Waals surface area contributed by atoms with Crippen molar-refractivity contribution in [1.29, 1.82) is 0 Å². The Morgan fingerprint density at radius 3 is 2.67 bits per heavy atom. The second-order valence-electron chi connectivity index (χ2n) is 6.21. The van der Waals surface area contributed by atoms with Crippen molar-refractivity contribution in [3.05, 3.63) is 45.8 Å². The van der Waals surface area contributed by atoms with Gasteiger partial charge in [0.15, 0.2) is 0 Å². The highest BCUT2D eigenvalue weighted by atomic mass is 35.5. The molecule has 27 heavy (non-hydrogen) atoms. The van der Waals surface area contributed by atoms with Gasteiger partial charge in [-0.05, 0) is 49.4 Å². The van der Waals surface area contributed by atoms with Gasteiger partial charge in [0.05, 0.1) is 17.1 Å². The van der Waals surface area contributed by atoms with Crippen LogP contribution in [0.5, 0.6) is 0 Å². The molecule has 0 saturated carbocycles. The SMILES string of the molecule is CSc1ccc(Cl)c(C(=O)NCc2ccc(S(=O)(=O)N3CCCCC3)s2)c1. The fraction of sp³-hybridized carbons (Fsp3) is 0.389. The Hall–Kier alpha value is -1.06. The molecule has 0 radical (unpaired) electrons. The van der Waals surface area contributed by atoms with Gasteiger partial charge in [-0.1, -0.05) is 18.0 Å². The summed E-state index contributed by atoms with van der Waals surface area (Å²) in [6.07, 6.45) is 4.82. The fourth-order valence-corrected chi connectivity index (χ4v) is 6.50. The summed E-state index contributed by atoms with van der Waals surface area (Å²) in [5, 5.41) is 3.21. The second kappa shape index (κ2) is 8.96. The molecule has 3 rings (SSSR count). The Kier molecular flexibility index (Phi) is 6.86. The summed E-state index contributed by atoms with van der Waals surface area (Å²) in [4.78, 5) is 14.2. The van der Waals surface area contributed by atoms with Crippen molar-refractivity contribution in [3.8, 4) is 0 Å². The van der Waals surface area contributed by atoms with Gasteiger partial charge in [-0.3, -0.25) is 4.79 Å². The van der Waals surface area contributed by atoms with Crippen molar-refractivity contribution >= 4 is 50.6 Å². The van der Waals surface area contributed by atoms with Crippen LogP contribution in [0.2, 0.25) is 5.02 Å². The highest BCUT2D eigenvalue weighted by Gasteiger charge is 2.27. The van der Waals surface area contributed by atoms with Gasteiger partial charge in [-0.25, -0.2) is 8.42 Å². The van der Waals surface area contributed by atoms with Crippen LogP contribution in [0.15, 0.2) is 39.4 Å². The monoisotopic (exact) mass is 444 g/mol. The van der Waals surface area contributed by atoms with Crippen LogP contribution in [-0.4, -0.2) is 38.0 Å². The zero-order valence-electron chi connectivity index (χ0n) is 14.9. The fourth-order valence-electron chi connectivity index (χ4n) is 2.89. The van der Waals surface area contributed by atoms with E-state index in [2.05, 4.69) is 5.32 Å². The molecule has 0 aliphatic carbocycles. The van der Waals surface area contributed by atoms with Gasteiger partial charge in [0, 0.05) is 22.9 Å². The molecule has 0 bridgehead atoms. The van der Waals surface area contributed by atoms with Crippen LogP contribution in [0.3, 0.4) is 0 Å². The summed E-state index contributed by atoms with van der Waals surface area (Å²) in [5.74, 6) is -0.273. The van der Waals surface area contributed by atoms with E-state index in [1.165, 1.54) is 23.1 Å². The summed E-state index contributed by atoms with van der Waals surface area (Å²) in [6.45, 7) is 1.42. The maximum Gasteiger partial charge on any atom is 0.253 e. The molecule has 146 valence electrons. The van der Waals surface area contributed by atoms with Crippen LogP contribution in [0, 0.1) is 0 Å². The van der Waals surface area contributed by atoms with Gasteiger partial charge in [0.2, 0.25) is 0 Å². The van der Waals surface area contributed by atoms with Crippen LogP contribution in [0.4, 0.5) is 0 Å². The van der Waals surface area contributed by atoms with E-state index in [0.717, 1.165) is 29.0 Å². The van der Waals surface area contributed by atoms with E-state index in [4.69, 9.17) is 11.6 Å². The predicted molar refractivity (Wildman–Crippen MR) is 111 cm³/mol. The van der Waals surface area contributed by atoms with E-state index < -0.39 is 10.0 Å². The van der Waals surface area contributed by atoms with Crippen LogP contribution < -0.4 is 5.32 Å². The third-order valence-electron chi connectivity index (χ3n) is 4.39. The number of amides is 1. The summed E-state index contributed by atoms with van der Waals surface area (Å²) in [6, 6.07) is 8.69. The second-order valence-corrected chi connectivity index (χ2v) is 10.8. The van der Waals surface area contributed by atoms with Gasteiger partial charge >= 0.3 is 0 Å². The molecule has 1 N–H and O–H groups in total. The Morgan fingerprint density at radius 2 is 1.96 bits per heavy atom. The first-order valence-electron chi connectivity index (χ1n) is 8.62. The lowest BCUT2D eigenvalue weighted by molar-refractivity contribution is 0.0951. The molecule has 0 atom stereocenters. The van der Waals surface area contributed by atoms with Crippen LogP contribution >= 0.6 is 34.7 Å². The zero-order chi connectivity index (χ0) is 19.4. The summed E-state index contributed by atoms with van der Waals surface area (Å²) in [7, 11) is -3.43. The number of nitrogens with zero attached hydrogens (tertiary/aromatic N) is 1. The Bertz CT molecular complexity index is 922. The minimum atomic E-state index is -3.43. The molecule has 0 spiro atoms. The highest BCUT2D eigenvalue weighted by Crippen LogP contribution is 2.27. The molecule has 5 nitrogen and oxygen atoms in total. The first kappa shape index (κ1) is 20.7. The smallest absolute Gasteiger partial charge is 0.253 e. The van der Waals surface area contributed by atoms with Crippen LogP contribution in [-0.2, 0) is 16.6 Å². The van der Waals surface area contributed by atoms with Crippen molar-refractivity contribution in [3.63, 3.8) is 0 Å². The molecule has 1 aliphatic rings. The van der Waals surface area contributed by atoms with E-state index in [0.29, 0.717) is 27.9 Å². The Labute approximate surface area is 173 Å². The normalized spacial score (nSPS) is 15.6. The molecule has 9 heteroatoms. The third kappa shape index (κ3) is 4.86. The molecule has 1 aliphatic heterocycles. The number of halogens is 1. The van der Waals surface area contributed by atoms with Crippen LogP contribution in [0.25, 0.3) is 0 Å². The van der Waals surface area contributed by atoms with Crippen molar-refractivity contribution in [1.82, 2.24) is 9.62 Å². The van der Waals surface area contributed by atoms with E-state index >= 15 is 0 Å². The third-order valence-corrected chi connectivity index (χ3v) is 8.89. The number of thiophene rings is 1. The molecule has 1 amide bonds. The van der Waals surface area contributed by atoms with Gasteiger partial charge in [0.1, 0.15) is 4.21 Å². The number of thioether (sulfide) groups is 1. The quantitative estimate of drug-likeness (QED) is 0.677. The number of sulfonamides is 1. The predicted octanol–water partition coefficient (Wildman–Crippen LogP) is 4.23. The first-order valence-corrected chi connectivity index (χ1v) is 12.5. The number of hydrogen-bond acceptors (Lipinski definition) is 5. The van der Waals surface area contributed by atoms with E-state index in [-0.39, 0.29) is 12.5 Å².